The van der Waals surface area contributed by atoms with Gasteiger partial charge in [-0.2, -0.15) is 0 Å². The van der Waals surface area contributed by atoms with Crippen LogP contribution in [0.25, 0.3) is 17.4 Å². The predicted octanol–water partition coefficient (Wildman–Crippen LogP) is 4.44. The van der Waals surface area contributed by atoms with Gasteiger partial charge in [0.15, 0.2) is 16.3 Å². The highest BCUT2D eigenvalue weighted by molar-refractivity contribution is 7.07. The Labute approximate surface area is 259 Å². The van der Waals surface area contributed by atoms with Crippen LogP contribution in [-0.2, 0) is 9.53 Å². The monoisotopic (exact) mass is 638 g/mol. The Hall–Kier alpha value is -4.81. The average Bonchev–Trinajstić information content (AvgIpc) is 3.59. The summed E-state index contributed by atoms with van der Waals surface area (Å²) in [4.78, 5) is 43.7. The first-order valence-corrected chi connectivity index (χ1v) is 14.4. The van der Waals surface area contributed by atoms with E-state index in [9.17, 15) is 19.5 Å². The minimum Gasteiger partial charge on any atom is -0.493 e. The molecule has 0 bridgehead atoms. The number of furan rings is 1. The van der Waals surface area contributed by atoms with Crippen molar-refractivity contribution in [2.24, 2.45) is 4.99 Å². The van der Waals surface area contributed by atoms with Gasteiger partial charge in [-0.25, -0.2) is 14.6 Å². The SMILES string of the molecule is CCOC(=O)C1=C(C)N=c2s/c(=C/c3ccc(-c4cc(C(=O)O)ccc4Cl)o3)c(=O)n2[C@H]1c1cc(OC)c(OC)c(OC)c1. The molecule has 1 N–H and O–H groups in total. The first-order chi connectivity index (χ1) is 21.1. The summed E-state index contributed by atoms with van der Waals surface area (Å²) in [6.45, 7) is 3.50. The fraction of sp³-hybridized carbons (Fsp3) is 0.226. The summed E-state index contributed by atoms with van der Waals surface area (Å²) in [6.07, 6.45) is 1.55. The number of carbonyl (C=O) groups excluding carboxylic acids is 1. The van der Waals surface area contributed by atoms with E-state index in [2.05, 4.69) is 4.99 Å². The highest BCUT2D eigenvalue weighted by Crippen LogP contribution is 2.42. The van der Waals surface area contributed by atoms with Gasteiger partial charge in [0, 0.05) is 11.6 Å². The molecule has 0 amide bonds. The maximum Gasteiger partial charge on any atom is 0.338 e. The molecule has 0 saturated heterocycles. The topological polar surface area (TPSA) is 139 Å². The summed E-state index contributed by atoms with van der Waals surface area (Å²) in [6, 6.07) is 10.00. The first-order valence-electron chi connectivity index (χ1n) is 13.2. The van der Waals surface area contributed by atoms with Gasteiger partial charge in [-0.05, 0) is 61.9 Å². The molecule has 3 heterocycles. The van der Waals surface area contributed by atoms with Crippen LogP contribution in [0.15, 0.2) is 67.9 Å². The molecule has 1 aliphatic heterocycles. The number of fused-ring (bicyclic) bond motifs is 1. The van der Waals surface area contributed by atoms with Crippen LogP contribution in [0.2, 0.25) is 5.02 Å². The standard InChI is InChI=1S/C31H27ClN2O9S/c1-6-42-30(38)25-15(2)33-31-34(26(25)17-12-22(39-3)27(41-5)23(13-17)40-4)28(35)24(44-31)14-18-8-10-21(43-18)19-11-16(29(36)37)7-9-20(19)32/h7-14,26H,6H2,1-5H3,(H,36,37)/b24-14+/t26-/m0/s1. The number of esters is 1. The quantitative estimate of drug-likeness (QED) is 0.264. The van der Waals surface area contributed by atoms with Crippen LogP contribution in [0.5, 0.6) is 17.2 Å². The van der Waals surface area contributed by atoms with Crippen LogP contribution in [0, 0.1) is 0 Å². The fourth-order valence-corrected chi connectivity index (χ4v) is 6.16. The van der Waals surface area contributed by atoms with Crippen LogP contribution in [0.4, 0.5) is 0 Å². The fourth-order valence-electron chi connectivity index (χ4n) is 4.92. The Morgan fingerprint density at radius 2 is 1.80 bits per heavy atom. The van der Waals surface area contributed by atoms with Gasteiger partial charge >= 0.3 is 11.9 Å². The lowest BCUT2D eigenvalue weighted by atomic mass is 9.95. The van der Waals surface area contributed by atoms with Crippen molar-refractivity contribution >= 4 is 41.0 Å². The Bertz CT molecular complexity index is 1980. The molecule has 2 aromatic carbocycles. The molecule has 0 spiro atoms. The third kappa shape index (κ3) is 5.49. The number of ether oxygens (including phenoxy) is 4. The van der Waals surface area contributed by atoms with E-state index in [1.54, 1.807) is 44.2 Å². The molecule has 0 unspecified atom stereocenters. The number of aromatic nitrogens is 1. The summed E-state index contributed by atoms with van der Waals surface area (Å²) in [5, 5.41) is 9.68. The van der Waals surface area contributed by atoms with Crippen LogP contribution in [0.1, 0.15) is 41.6 Å². The summed E-state index contributed by atoms with van der Waals surface area (Å²) in [5.41, 5.74) is 1.11. The minimum absolute atomic E-state index is 0.0511. The number of benzene rings is 2. The number of carboxylic acid groups (broad SMARTS) is 1. The summed E-state index contributed by atoms with van der Waals surface area (Å²) < 4.78 is 29.6. The molecule has 44 heavy (non-hydrogen) atoms. The Morgan fingerprint density at radius 1 is 1.09 bits per heavy atom. The molecular weight excluding hydrogens is 612 g/mol. The second-order valence-corrected chi connectivity index (χ2v) is 10.9. The van der Waals surface area contributed by atoms with Gasteiger partial charge in [-0.15, -0.1) is 0 Å². The number of nitrogens with zero attached hydrogens (tertiary/aromatic N) is 2. The smallest absolute Gasteiger partial charge is 0.338 e. The zero-order chi connectivity index (χ0) is 31.7. The third-order valence-electron chi connectivity index (χ3n) is 6.90. The van der Waals surface area contributed by atoms with Gasteiger partial charge in [0.25, 0.3) is 5.56 Å². The number of aromatic carboxylic acids is 1. The van der Waals surface area contributed by atoms with E-state index >= 15 is 0 Å². The van der Waals surface area contributed by atoms with Crippen LogP contribution < -0.4 is 29.1 Å². The average molecular weight is 639 g/mol. The zero-order valence-electron chi connectivity index (χ0n) is 24.3. The number of halogens is 1. The molecule has 228 valence electrons. The lowest BCUT2D eigenvalue weighted by Gasteiger charge is -2.26. The van der Waals surface area contributed by atoms with Crippen molar-refractivity contribution in [1.82, 2.24) is 4.57 Å². The van der Waals surface area contributed by atoms with Crippen molar-refractivity contribution in [1.29, 1.82) is 0 Å². The van der Waals surface area contributed by atoms with E-state index < -0.39 is 23.5 Å². The second kappa shape index (κ2) is 12.4. The maximum absolute atomic E-state index is 14.0. The van der Waals surface area contributed by atoms with Crippen molar-refractivity contribution in [3.05, 3.63) is 95.3 Å². The molecular formula is C31H27ClN2O9S. The summed E-state index contributed by atoms with van der Waals surface area (Å²) in [5.74, 6) is -0.0215. The highest BCUT2D eigenvalue weighted by atomic mass is 35.5. The maximum atomic E-state index is 14.0. The molecule has 1 atom stereocenters. The van der Waals surface area contributed by atoms with Gasteiger partial charge in [0.2, 0.25) is 5.75 Å². The molecule has 0 aliphatic carbocycles. The van der Waals surface area contributed by atoms with Crippen molar-refractivity contribution in [3.63, 3.8) is 0 Å². The van der Waals surface area contributed by atoms with E-state index in [4.69, 9.17) is 35.0 Å². The number of carboxylic acids is 1. The Kier molecular flexibility index (Phi) is 8.66. The van der Waals surface area contributed by atoms with Gasteiger partial charge in [-0.1, -0.05) is 22.9 Å². The molecule has 0 radical (unpaired) electrons. The number of allylic oxidation sites excluding steroid dienone is 1. The summed E-state index contributed by atoms with van der Waals surface area (Å²) in [7, 11) is 4.43. The lowest BCUT2D eigenvalue weighted by molar-refractivity contribution is -0.139. The minimum atomic E-state index is -1.10. The van der Waals surface area contributed by atoms with E-state index in [1.165, 1.54) is 44.1 Å². The molecule has 4 aromatic rings. The highest BCUT2D eigenvalue weighted by Gasteiger charge is 2.34. The molecule has 13 heteroatoms. The summed E-state index contributed by atoms with van der Waals surface area (Å²) >= 11 is 7.43. The third-order valence-corrected chi connectivity index (χ3v) is 8.21. The van der Waals surface area contributed by atoms with E-state index in [-0.39, 0.29) is 22.3 Å². The zero-order valence-corrected chi connectivity index (χ0v) is 25.9. The lowest BCUT2D eigenvalue weighted by Crippen LogP contribution is -2.40. The van der Waals surface area contributed by atoms with E-state index in [1.807, 2.05) is 0 Å². The Morgan fingerprint density at radius 3 is 2.41 bits per heavy atom. The van der Waals surface area contributed by atoms with Crippen molar-refractivity contribution in [2.45, 2.75) is 19.9 Å². The number of hydrogen-bond donors (Lipinski definition) is 1. The molecule has 0 saturated carbocycles. The van der Waals surface area contributed by atoms with Crippen LogP contribution >= 0.6 is 22.9 Å². The molecule has 5 rings (SSSR count). The molecule has 0 fully saturated rings. The Balaban J connectivity index is 1.68. The van der Waals surface area contributed by atoms with Crippen molar-refractivity contribution in [3.8, 4) is 28.6 Å². The number of hydrogen-bond acceptors (Lipinski definition) is 10. The van der Waals surface area contributed by atoms with E-state index in [0.29, 0.717) is 55.4 Å². The van der Waals surface area contributed by atoms with Gasteiger partial charge in [0.1, 0.15) is 11.5 Å². The van der Waals surface area contributed by atoms with Gasteiger partial charge in [-0.3, -0.25) is 9.36 Å². The van der Waals surface area contributed by atoms with Gasteiger partial charge < -0.3 is 28.5 Å². The van der Waals surface area contributed by atoms with Crippen molar-refractivity contribution in [2.75, 3.05) is 27.9 Å². The number of methoxy groups -OCH3 is 3. The van der Waals surface area contributed by atoms with Crippen molar-refractivity contribution < 1.29 is 38.1 Å². The normalized spacial score (nSPS) is 14.6. The molecule has 2 aromatic heterocycles. The second-order valence-electron chi connectivity index (χ2n) is 9.46. The van der Waals surface area contributed by atoms with Gasteiger partial charge in [0.05, 0.1) is 60.4 Å². The first kappa shape index (κ1) is 30.6. The van der Waals surface area contributed by atoms with Crippen LogP contribution in [-0.4, -0.2) is 49.5 Å². The molecule has 1 aliphatic rings. The number of rotatable bonds is 9. The number of carbonyl (C=O) groups is 2. The van der Waals surface area contributed by atoms with Crippen LogP contribution in [0.3, 0.4) is 0 Å². The number of thiazole rings is 1. The predicted molar refractivity (Wildman–Crippen MR) is 163 cm³/mol. The largest absolute Gasteiger partial charge is 0.493 e. The molecule has 11 nitrogen and oxygen atoms in total. The van der Waals surface area contributed by atoms with E-state index in [0.717, 1.165) is 11.3 Å².